The minimum Gasteiger partial charge on any atom is -0.309 e. The van der Waals surface area contributed by atoms with Crippen LogP contribution in [0.2, 0.25) is 0 Å². The van der Waals surface area contributed by atoms with Crippen molar-refractivity contribution in [1.29, 1.82) is 0 Å². The Morgan fingerprint density at radius 3 is 3.05 bits per heavy atom. The van der Waals surface area contributed by atoms with E-state index in [2.05, 4.69) is 19.8 Å². The quantitative estimate of drug-likeness (QED) is 0.864. The van der Waals surface area contributed by atoms with Gasteiger partial charge in [0.1, 0.15) is 0 Å². The molecule has 0 aliphatic carbocycles. The normalized spacial score (nSPS) is 22.8. The van der Waals surface area contributed by atoms with Crippen LogP contribution in [0.4, 0.5) is 5.69 Å². The second kappa shape index (κ2) is 5.81. The van der Waals surface area contributed by atoms with Crippen LogP contribution in [0.25, 0.3) is 0 Å². The van der Waals surface area contributed by atoms with Gasteiger partial charge in [-0.25, -0.2) is 4.37 Å². The third-order valence-corrected chi connectivity index (χ3v) is 5.12. The van der Waals surface area contributed by atoms with Crippen LogP contribution in [-0.4, -0.2) is 44.6 Å². The number of carbonyl (C=O) groups excluding carboxylic acids is 1. The summed E-state index contributed by atoms with van der Waals surface area (Å²) in [6.07, 6.45) is 8.53. The predicted molar refractivity (Wildman–Crippen MR) is 84.9 cm³/mol. The van der Waals surface area contributed by atoms with E-state index in [9.17, 15) is 4.79 Å². The Hall–Kier alpha value is -1.73. The Morgan fingerprint density at radius 1 is 1.32 bits per heavy atom. The van der Waals surface area contributed by atoms with Crippen LogP contribution in [0.1, 0.15) is 30.9 Å². The Bertz CT molecular complexity index is 653. The Labute approximate surface area is 133 Å². The predicted octanol–water partition coefficient (Wildman–Crippen LogP) is 1.91. The molecule has 0 bridgehead atoms. The highest BCUT2D eigenvalue weighted by molar-refractivity contribution is 7.03. The van der Waals surface area contributed by atoms with Crippen molar-refractivity contribution in [3.05, 3.63) is 29.5 Å². The van der Waals surface area contributed by atoms with Crippen LogP contribution in [0.5, 0.6) is 0 Å². The van der Waals surface area contributed by atoms with Gasteiger partial charge in [-0.15, -0.1) is 0 Å². The van der Waals surface area contributed by atoms with E-state index >= 15 is 0 Å². The molecular weight excluding hydrogens is 298 g/mol. The van der Waals surface area contributed by atoms with E-state index in [1.165, 1.54) is 17.1 Å². The molecule has 4 heterocycles. The molecule has 0 spiro atoms. The average molecular weight is 317 g/mol. The minimum atomic E-state index is 0.220. The van der Waals surface area contributed by atoms with E-state index < -0.39 is 0 Å². The molecule has 4 rings (SSSR count). The minimum absolute atomic E-state index is 0.220. The van der Waals surface area contributed by atoms with Crippen molar-refractivity contribution in [1.82, 2.24) is 19.1 Å². The highest BCUT2D eigenvalue weighted by Gasteiger charge is 2.27. The lowest BCUT2D eigenvalue weighted by Crippen LogP contribution is -2.23. The second-order valence-corrected chi connectivity index (χ2v) is 6.70. The molecule has 2 aliphatic rings. The summed E-state index contributed by atoms with van der Waals surface area (Å²) in [7, 11) is 0. The summed E-state index contributed by atoms with van der Waals surface area (Å²) in [6, 6.07) is 0.401. The maximum absolute atomic E-state index is 11.8. The number of hydrogen-bond donors (Lipinski definition) is 0. The first-order chi connectivity index (χ1) is 10.8. The SMILES string of the molecule is O=C1CCCN1c1cnn(C2CCN(Cc3cnsc3)C2)c1. The lowest BCUT2D eigenvalue weighted by atomic mass is 10.3. The van der Waals surface area contributed by atoms with E-state index in [0.717, 1.165) is 44.7 Å². The zero-order valence-corrected chi connectivity index (χ0v) is 13.2. The molecule has 0 N–H and O–H groups in total. The summed E-state index contributed by atoms with van der Waals surface area (Å²) in [5, 5.41) is 6.60. The van der Waals surface area contributed by atoms with Crippen LogP contribution in [-0.2, 0) is 11.3 Å². The van der Waals surface area contributed by atoms with Gasteiger partial charge in [-0.2, -0.15) is 5.10 Å². The molecule has 2 saturated heterocycles. The lowest BCUT2D eigenvalue weighted by Gasteiger charge is -2.15. The van der Waals surface area contributed by atoms with Gasteiger partial charge in [-0.3, -0.25) is 14.4 Å². The van der Waals surface area contributed by atoms with Crippen molar-refractivity contribution >= 4 is 23.1 Å². The van der Waals surface area contributed by atoms with Gasteiger partial charge in [0.15, 0.2) is 0 Å². The number of likely N-dealkylation sites (tertiary alicyclic amines) is 1. The van der Waals surface area contributed by atoms with Gasteiger partial charge in [-0.05, 0) is 29.9 Å². The fraction of sp³-hybridized carbons (Fsp3) is 0.533. The number of anilines is 1. The number of carbonyl (C=O) groups is 1. The van der Waals surface area contributed by atoms with Gasteiger partial charge in [0.2, 0.25) is 5.91 Å². The van der Waals surface area contributed by atoms with Gasteiger partial charge < -0.3 is 4.90 Å². The van der Waals surface area contributed by atoms with Crippen molar-refractivity contribution in [3.63, 3.8) is 0 Å². The number of hydrogen-bond acceptors (Lipinski definition) is 5. The fourth-order valence-corrected chi connectivity index (χ4v) is 3.85. The van der Waals surface area contributed by atoms with Gasteiger partial charge in [0, 0.05) is 50.4 Å². The summed E-state index contributed by atoms with van der Waals surface area (Å²) >= 11 is 1.51. The monoisotopic (exact) mass is 317 g/mol. The van der Waals surface area contributed by atoms with E-state index in [1.54, 1.807) is 0 Å². The molecule has 7 heteroatoms. The first-order valence-electron chi connectivity index (χ1n) is 7.75. The Morgan fingerprint density at radius 2 is 2.27 bits per heavy atom. The average Bonchev–Trinajstić information content (AvgIpc) is 3.25. The first-order valence-corrected chi connectivity index (χ1v) is 8.58. The van der Waals surface area contributed by atoms with Crippen LogP contribution in [0.3, 0.4) is 0 Å². The molecule has 1 amide bonds. The third-order valence-electron chi connectivity index (χ3n) is 4.48. The van der Waals surface area contributed by atoms with E-state index in [-0.39, 0.29) is 5.91 Å². The molecule has 0 saturated carbocycles. The smallest absolute Gasteiger partial charge is 0.227 e. The van der Waals surface area contributed by atoms with Crippen molar-refractivity contribution < 1.29 is 4.79 Å². The maximum atomic E-state index is 11.8. The molecule has 0 radical (unpaired) electrons. The molecule has 2 fully saturated rings. The molecule has 1 atom stereocenters. The molecule has 6 nitrogen and oxygen atoms in total. The van der Waals surface area contributed by atoms with E-state index in [4.69, 9.17) is 0 Å². The molecule has 116 valence electrons. The fourth-order valence-electron chi connectivity index (χ4n) is 3.32. The number of nitrogens with zero attached hydrogens (tertiary/aromatic N) is 5. The molecular formula is C15H19N5OS. The molecule has 2 aromatic rings. The zero-order valence-electron chi connectivity index (χ0n) is 12.4. The van der Waals surface area contributed by atoms with Crippen molar-refractivity contribution in [2.45, 2.75) is 31.8 Å². The largest absolute Gasteiger partial charge is 0.309 e. The zero-order chi connectivity index (χ0) is 14.9. The number of aromatic nitrogens is 3. The van der Waals surface area contributed by atoms with Crippen LogP contribution in [0.15, 0.2) is 24.0 Å². The van der Waals surface area contributed by atoms with Gasteiger partial charge in [0.25, 0.3) is 0 Å². The highest BCUT2D eigenvalue weighted by Crippen LogP contribution is 2.26. The lowest BCUT2D eigenvalue weighted by molar-refractivity contribution is -0.117. The molecule has 22 heavy (non-hydrogen) atoms. The Balaban J connectivity index is 1.41. The summed E-state index contributed by atoms with van der Waals surface area (Å²) in [6.45, 7) is 3.88. The van der Waals surface area contributed by atoms with Gasteiger partial charge >= 0.3 is 0 Å². The summed E-state index contributed by atoms with van der Waals surface area (Å²) in [5.41, 5.74) is 2.23. The third kappa shape index (κ3) is 2.66. The van der Waals surface area contributed by atoms with Crippen molar-refractivity contribution in [2.24, 2.45) is 0 Å². The molecule has 0 aromatic carbocycles. The maximum Gasteiger partial charge on any atom is 0.227 e. The molecule has 1 unspecified atom stereocenters. The second-order valence-electron chi connectivity index (χ2n) is 6.04. The van der Waals surface area contributed by atoms with Crippen molar-refractivity contribution in [3.8, 4) is 0 Å². The highest BCUT2D eigenvalue weighted by atomic mass is 32.1. The number of amides is 1. The van der Waals surface area contributed by atoms with Crippen LogP contribution < -0.4 is 4.90 Å². The van der Waals surface area contributed by atoms with E-state index in [0.29, 0.717) is 12.5 Å². The molecule has 2 aromatic heterocycles. The van der Waals surface area contributed by atoms with Gasteiger partial charge in [-0.1, -0.05) is 0 Å². The van der Waals surface area contributed by atoms with Crippen LogP contribution >= 0.6 is 11.5 Å². The van der Waals surface area contributed by atoms with Gasteiger partial charge in [0.05, 0.1) is 17.9 Å². The molecule has 2 aliphatic heterocycles. The standard InChI is InChI=1S/C15H19N5OS/c21-15-2-1-4-19(15)14-7-16-20(10-14)13-3-5-18(9-13)8-12-6-17-22-11-12/h6-7,10-11,13H,1-5,8-9H2. The van der Waals surface area contributed by atoms with Crippen molar-refractivity contribution in [2.75, 3.05) is 24.5 Å². The summed E-state index contributed by atoms with van der Waals surface area (Å²) in [5.74, 6) is 0.220. The summed E-state index contributed by atoms with van der Waals surface area (Å²) < 4.78 is 6.19. The van der Waals surface area contributed by atoms with Crippen LogP contribution in [0, 0.1) is 0 Å². The first kappa shape index (κ1) is 13.9. The topological polar surface area (TPSA) is 54.3 Å². The summed E-state index contributed by atoms with van der Waals surface area (Å²) in [4.78, 5) is 16.1. The van der Waals surface area contributed by atoms with E-state index in [1.807, 2.05) is 28.2 Å². The Kier molecular flexibility index (Phi) is 3.67. The number of rotatable bonds is 4.